The summed E-state index contributed by atoms with van der Waals surface area (Å²) in [6, 6.07) is 13.5. The van der Waals surface area contributed by atoms with Gasteiger partial charge < -0.3 is 0 Å². The van der Waals surface area contributed by atoms with Crippen molar-refractivity contribution < 1.29 is 20.3 Å². The van der Waals surface area contributed by atoms with E-state index < -0.39 is 0 Å². The van der Waals surface area contributed by atoms with Gasteiger partial charge in [-0.25, -0.2) is 0 Å². The van der Waals surface area contributed by atoms with Crippen molar-refractivity contribution in [2.75, 3.05) is 0 Å². The average molecular weight is 722 g/mol. The SMILES string of the molecule is [2H]c1ccc(C(CC)CC)c(-n2ccn(-c3c(C(CC)CC)ccc([2H])c3C(CC)CC)[c]2=[Pd-][c]2ncccc2Cl)c1C(CC)CC. The first-order valence-electron chi connectivity index (χ1n) is 18.3. The number of imidazole rings is 1. The predicted octanol–water partition coefficient (Wildman–Crippen LogP) is 11.9. The molecule has 45 heavy (non-hydrogen) atoms. The van der Waals surface area contributed by atoms with Crippen LogP contribution >= 0.6 is 11.6 Å². The quantitative estimate of drug-likeness (QED) is 0.112. The van der Waals surface area contributed by atoms with Gasteiger partial charge in [0.05, 0.1) is 0 Å². The summed E-state index contributed by atoms with van der Waals surface area (Å²) in [6.07, 6.45) is 14.3. The van der Waals surface area contributed by atoms with Crippen LogP contribution in [-0.4, -0.2) is 14.1 Å². The number of hydrogen-bond acceptors (Lipinski definition) is 1. The van der Waals surface area contributed by atoms with Gasteiger partial charge in [0.25, 0.3) is 0 Å². The van der Waals surface area contributed by atoms with Crippen molar-refractivity contribution in [3.05, 3.63) is 98.2 Å². The van der Waals surface area contributed by atoms with Crippen LogP contribution in [0.2, 0.25) is 5.02 Å². The van der Waals surface area contributed by atoms with Gasteiger partial charge in [0.15, 0.2) is 0 Å². The Morgan fingerprint density at radius 1 is 0.622 bits per heavy atom. The van der Waals surface area contributed by atoms with E-state index in [1.165, 1.54) is 11.1 Å². The maximum atomic E-state index is 9.28. The molecule has 0 radical (unpaired) electrons. The molecule has 0 fully saturated rings. The number of hydrogen-bond donors (Lipinski definition) is 0. The Morgan fingerprint density at radius 2 is 1.02 bits per heavy atom. The Bertz CT molecular complexity index is 1590. The molecular formula is C40H55ClN3Pd-. The molecule has 4 aromatic rings. The Balaban J connectivity index is 2.29. The van der Waals surface area contributed by atoms with Crippen molar-refractivity contribution in [1.82, 2.24) is 14.1 Å². The number of pyridine rings is 1. The number of nitrogens with zero attached hydrogens (tertiary/aromatic N) is 3. The molecule has 0 saturated heterocycles. The molecule has 0 spiro atoms. The van der Waals surface area contributed by atoms with E-state index in [0.717, 1.165) is 81.9 Å². The van der Waals surface area contributed by atoms with E-state index in [2.05, 4.69) is 89.1 Å². The van der Waals surface area contributed by atoms with Crippen LogP contribution in [0.3, 0.4) is 0 Å². The molecule has 0 bridgehead atoms. The van der Waals surface area contributed by atoms with Crippen molar-refractivity contribution in [1.29, 1.82) is 0 Å². The predicted molar refractivity (Wildman–Crippen MR) is 191 cm³/mol. The molecule has 0 unspecified atom stereocenters. The zero-order chi connectivity index (χ0) is 34.2. The van der Waals surface area contributed by atoms with Gasteiger partial charge in [0.1, 0.15) is 0 Å². The summed E-state index contributed by atoms with van der Waals surface area (Å²) in [4.78, 5) is 4.81. The van der Waals surface area contributed by atoms with Gasteiger partial charge in [0, 0.05) is 0 Å². The van der Waals surface area contributed by atoms with Crippen LogP contribution < -0.4 is 4.17 Å². The molecule has 248 valence electrons. The van der Waals surface area contributed by atoms with Crippen LogP contribution in [0.1, 0.15) is 155 Å². The fourth-order valence-corrected chi connectivity index (χ4v) is 9.07. The van der Waals surface area contributed by atoms with Crippen LogP contribution in [0.25, 0.3) is 11.4 Å². The average Bonchev–Trinajstić information content (AvgIpc) is 3.49. The zero-order valence-electron chi connectivity index (χ0n) is 30.7. The van der Waals surface area contributed by atoms with E-state index in [0.29, 0.717) is 28.9 Å². The van der Waals surface area contributed by atoms with Gasteiger partial charge in [-0.2, -0.15) is 0 Å². The molecule has 0 atom stereocenters. The third kappa shape index (κ3) is 7.51. The molecule has 2 heterocycles. The summed E-state index contributed by atoms with van der Waals surface area (Å²) in [5, 5.41) is 0.671. The summed E-state index contributed by atoms with van der Waals surface area (Å²) in [7, 11) is 0. The van der Waals surface area contributed by atoms with Crippen LogP contribution in [0.5, 0.6) is 0 Å². The van der Waals surface area contributed by atoms with Crippen LogP contribution in [0.4, 0.5) is 0 Å². The molecule has 4 rings (SSSR count). The second-order valence-corrected chi connectivity index (χ2v) is 14.3. The van der Waals surface area contributed by atoms with Crippen LogP contribution in [-0.2, 0) is 17.5 Å². The first-order valence-corrected chi connectivity index (χ1v) is 19.3. The van der Waals surface area contributed by atoms with E-state index in [1.54, 1.807) is 0 Å². The summed E-state index contributed by atoms with van der Waals surface area (Å²) in [5.41, 5.74) is 7.22. The normalized spacial score (nSPS) is 12.6. The Morgan fingerprint density at radius 3 is 1.40 bits per heavy atom. The van der Waals surface area contributed by atoms with Crippen molar-refractivity contribution in [3.8, 4) is 11.4 Å². The first kappa shape index (κ1) is 32.7. The second-order valence-electron chi connectivity index (χ2n) is 12.0. The number of aromatic nitrogens is 3. The summed E-state index contributed by atoms with van der Waals surface area (Å²) in [5.74, 6) is 1.31. The van der Waals surface area contributed by atoms with E-state index >= 15 is 0 Å². The third-order valence-corrected chi connectivity index (χ3v) is 12.4. The number of benzene rings is 2. The van der Waals surface area contributed by atoms with E-state index in [-0.39, 0.29) is 29.4 Å². The summed E-state index contributed by atoms with van der Waals surface area (Å²) < 4.78 is 25.3. The number of rotatable bonds is 15. The van der Waals surface area contributed by atoms with Crippen molar-refractivity contribution >= 4 is 15.8 Å². The summed E-state index contributed by atoms with van der Waals surface area (Å²) >= 11 is 6.75. The number of halogens is 1. The standard InChI is InChI=1S/C35H52N2.C5H3ClN.Pd/c1-9-26(10-2)30-19-17-20-31(27(11-3)12-4)34(30)36-23-24-37(25-36)35-32(28(13-5)14-6)21-18-22-33(35)29(15-7)16-8;6-5-2-1-3-7-4-5;/h17-24,26-29H,9-16H2,1-8H3;1-3H;/q;;-1/i19D,21D;;. The molecule has 0 aliphatic heterocycles. The molecular weight excluding hydrogens is 664 g/mol. The molecule has 0 N–H and O–H groups in total. The molecule has 0 aliphatic carbocycles. The van der Waals surface area contributed by atoms with E-state index in [1.807, 2.05) is 30.5 Å². The van der Waals surface area contributed by atoms with Crippen molar-refractivity contribution in [3.63, 3.8) is 0 Å². The molecule has 0 aliphatic rings. The maximum absolute atomic E-state index is 9.28. The first-order chi connectivity index (χ1) is 22.7. The van der Waals surface area contributed by atoms with Crippen LogP contribution in [0, 0.1) is 3.89 Å². The van der Waals surface area contributed by atoms with Crippen molar-refractivity contribution in [2.24, 2.45) is 0 Å². The molecule has 5 heteroatoms. The van der Waals surface area contributed by atoms with E-state index in [4.69, 9.17) is 16.6 Å². The van der Waals surface area contributed by atoms with Gasteiger partial charge in [-0.3, -0.25) is 0 Å². The third-order valence-electron chi connectivity index (χ3n) is 9.75. The van der Waals surface area contributed by atoms with Gasteiger partial charge in [-0.05, 0) is 0 Å². The van der Waals surface area contributed by atoms with Gasteiger partial charge in [0.2, 0.25) is 0 Å². The van der Waals surface area contributed by atoms with Crippen LogP contribution in [0.15, 0.2) is 67.1 Å². The zero-order valence-corrected chi connectivity index (χ0v) is 31.0. The Labute approximate surface area is 289 Å². The minimum atomic E-state index is -0.114. The van der Waals surface area contributed by atoms with Crippen molar-refractivity contribution in [2.45, 2.75) is 130 Å². The molecule has 2 aromatic heterocycles. The summed E-state index contributed by atoms with van der Waals surface area (Å²) in [6.45, 7) is 18.1. The molecule has 2 aromatic carbocycles. The topological polar surface area (TPSA) is 22.8 Å². The number of para-hydroxylation sites is 2. The Hall–Kier alpha value is -2.25. The van der Waals surface area contributed by atoms with Gasteiger partial charge in [-0.1, -0.05) is 0 Å². The van der Waals surface area contributed by atoms with Gasteiger partial charge in [-0.15, -0.1) is 0 Å². The van der Waals surface area contributed by atoms with Gasteiger partial charge >= 0.3 is 290 Å². The van der Waals surface area contributed by atoms with E-state index in [9.17, 15) is 2.74 Å². The second kappa shape index (κ2) is 17.1. The molecule has 3 nitrogen and oxygen atoms in total. The minimum absolute atomic E-state index is 0.114. The molecule has 0 saturated carbocycles. The Kier molecular flexibility index (Phi) is 12.4. The fourth-order valence-electron chi connectivity index (χ4n) is 6.96. The molecule has 0 amide bonds. The monoisotopic (exact) mass is 720 g/mol. The fraction of sp³-hybridized carbons (Fsp3) is 0.500.